The lowest BCUT2D eigenvalue weighted by Gasteiger charge is -2.17. The fourth-order valence-electron chi connectivity index (χ4n) is 1.81. The van der Waals surface area contributed by atoms with Crippen molar-refractivity contribution >= 4 is 11.6 Å². The molecule has 0 fully saturated rings. The number of nitrogens with zero attached hydrogens (tertiary/aromatic N) is 2. The Labute approximate surface area is 117 Å². The molecule has 4 nitrogen and oxygen atoms in total. The summed E-state index contributed by atoms with van der Waals surface area (Å²) in [6.07, 6.45) is 1.43. The zero-order chi connectivity index (χ0) is 14.8. The first-order valence-corrected chi connectivity index (χ1v) is 6.37. The second kappa shape index (κ2) is 5.33. The first-order valence-electron chi connectivity index (χ1n) is 6.37. The Morgan fingerprint density at radius 1 is 1.00 bits per heavy atom. The molecule has 0 amide bonds. The van der Waals surface area contributed by atoms with Crippen molar-refractivity contribution in [3.8, 4) is 0 Å². The zero-order valence-electron chi connectivity index (χ0n) is 11.8. The van der Waals surface area contributed by atoms with E-state index in [2.05, 4.69) is 10.2 Å². The molecule has 0 atom stereocenters. The fraction of sp³-hybridized carbons (Fsp3) is 0.250. The van der Waals surface area contributed by atoms with Gasteiger partial charge in [0, 0.05) is 11.0 Å². The van der Waals surface area contributed by atoms with Crippen molar-refractivity contribution in [2.75, 3.05) is 0 Å². The smallest absolute Gasteiger partial charge is 0.213 e. The Hall–Kier alpha value is -2.36. The van der Waals surface area contributed by atoms with E-state index in [1.54, 1.807) is 30.3 Å². The molecule has 0 radical (unpaired) electrons. The molecular formula is C16H16N2O2. The van der Waals surface area contributed by atoms with Crippen LogP contribution in [0.15, 0.2) is 42.6 Å². The van der Waals surface area contributed by atoms with E-state index in [0.29, 0.717) is 11.1 Å². The van der Waals surface area contributed by atoms with Crippen LogP contribution in [0.5, 0.6) is 0 Å². The number of hydrogen-bond donors (Lipinski definition) is 0. The molecule has 102 valence electrons. The highest BCUT2D eigenvalue weighted by atomic mass is 16.1. The zero-order valence-corrected chi connectivity index (χ0v) is 11.8. The third kappa shape index (κ3) is 2.79. The van der Waals surface area contributed by atoms with Gasteiger partial charge in [0.1, 0.15) is 5.69 Å². The van der Waals surface area contributed by atoms with E-state index in [1.165, 1.54) is 6.20 Å². The van der Waals surface area contributed by atoms with Crippen molar-refractivity contribution in [1.82, 2.24) is 10.2 Å². The summed E-state index contributed by atoms with van der Waals surface area (Å²) in [5.41, 5.74) is 0.352. The standard InChI is InChI=1S/C16H16N2O2/c1-16(2,3)15(20)12-9-10-17-18-13(12)14(19)11-7-5-4-6-8-11/h4-10H,1-3H3. The number of carbonyl (C=O) groups is 2. The van der Waals surface area contributed by atoms with Gasteiger partial charge in [0.05, 0.1) is 11.8 Å². The minimum atomic E-state index is -0.575. The third-order valence-electron chi connectivity index (χ3n) is 2.90. The summed E-state index contributed by atoms with van der Waals surface area (Å²) in [4.78, 5) is 24.8. The van der Waals surface area contributed by atoms with Crippen LogP contribution < -0.4 is 0 Å². The van der Waals surface area contributed by atoms with Gasteiger partial charge in [0.25, 0.3) is 0 Å². The van der Waals surface area contributed by atoms with Gasteiger partial charge >= 0.3 is 0 Å². The van der Waals surface area contributed by atoms with Crippen molar-refractivity contribution < 1.29 is 9.59 Å². The summed E-state index contributed by atoms with van der Waals surface area (Å²) in [5, 5.41) is 7.60. The van der Waals surface area contributed by atoms with Gasteiger partial charge in [-0.1, -0.05) is 51.1 Å². The highest BCUT2D eigenvalue weighted by Gasteiger charge is 2.28. The van der Waals surface area contributed by atoms with Gasteiger partial charge < -0.3 is 0 Å². The van der Waals surface area contributed by atoms with Crippen LogP contribution in [0.4, 0.5) is 0 Å². The maximum Gasteiger partial charge on any atom is 0.213 e. The first-order chi connectivity index (χ1) is 9.41. The largest absolute Gasteiger partial charge is 0.294 e. The van der Waals surface area contributed by atoms with Crippen molar-refractivity contribution in [2.45, 2.75) is 20.8 Å². The predicted octanol–water partition coefficient (Wildman–Crippen LogP) is 2.94. The minimum Gasteiger partial charge on any atom is -0.294 e. The van der Waals surface area contributed by atoms with Gasteiger partial charge in [-0.3, -0.25) is 9.59 Å². The average molecular weight is 268 g/mol. The van der Waals surface area contributed by atoms with Crippen LogP contribution in [0.3, 0.4) is 0 Å². The molecule has 0 N–H and O–H groups in total. The molecule has 20 heavy (non-hydrogen) atoms. The lowest BCUT2D eigenvalue weighted by molar-refractivity contribution is 0.0851. The lowest BCUT2D eigenvalue weighted by atomic mass is 9.85. The first kappa shape index (κ1) is 14.1. The van der Waals surface area contributed by atoms with Crippen molar-refractivity contribution in [2.24, 2.45) is 5.41 Å². The molecule has 4 heteroatoms. The Morgan fingerprint density at radius 3 is 2.25 bits per heavy atom. The van der Waals surface area contributed by atoms with Crippen LogP contribution in [-0.2, 0) is 0 Å². The molecule has 0 aliphatic rings. The minimum absolute atomic E-state index is 0.110. The Kier molecular flexibility index (Phi) is 3.74. The predicted molar refractivity (Wildman–Crippen MR) is 75.7 cm³/mol. The summed E-state index contributed by atoms with van der Waals surface area (Å²) < 4.78 is 0. The van der Waals surface area contributed by atoms with Gasteiger partial charge in [0.15, 0.2) is 5.78 Å². The van der Waals surface area contributed by atoms with E-state index < -0.39 is 5.41 Å². The number of ketones is 2. The van der Waals surface area contributed by atoms with E-state index in [-0.39, 0.29) is 17.3 Å². The SMILES string of the molecule is CC(C)(C)C(=O)c1ccnnc1C(=O)c1ccccc1. The summed E-state index contributed by atoms with van der Waals surface area (Å²) in [5.74, 6) is -0.405. The monoisotopic (exact) mass is 268 g/mol. The van der Waals surface area contributed by atoms with Crippen LogP contribution in [0.1, 0.15) is 47.2 Å². The Balaban J connectivity index is 2.49. The maximum atomic E-state index is 12.4. The number of rotatable bonds is 3. The van der Waals surface area contributed by atoms with E-state index in [9.17, 15) is 9.59 Å². The molecule has 0 bridgehead atoms. The number of benzene rings is 1. The topological polar surface area (TPSA) is 59.9 Å². The number of aromatic nitrogens is 2. The van der Waals surface area contributed by atoms with Gasteiger partial charge in [-0.05, 0) is 6.07 Å². The van der Waals surface area contributed by atoms with Crippen LogP contribution in [0.2, 0.25) is 0 Å². The quantitative estimate of drug-likeness (QED) is 0.803. The molecule has 1 aromatic heterocycles. The van der Waals surface area contributed by atoms with Crippen LogP contribution in [0.25, 0.3) is 0 Å². The van der Waals surface area contributed by atoms with Crippen LogP contribution in [0, 0.1) is 5.41 Å². The molecule has 0 aliphatic carbocycles. The molecule has 0 spiro atoms. The van der Waals surface area contributed by atoms with Gasteiger partial charge in [-0.15, -0.1) is 5.10 Å². The van der Waals surface area contributed by atoms with Crippen molar-refractivity contribution in [3.63, 3.8) is 0 Å². The molecule has 2 rings (SSSR count). The molecule has 1 aromatic carbocycles. The van der Waals surface area contributed by atoms with Crippen molar-refractivity contribution in [3.05, 3.63) is 59.4 Å². The van der Waals surface area contributed by atoms with Crippen LogP contribution >= 0.6 is 0 Å². The van der Waals surface area contributed by atoms with E-state index in [4.69, 9.17) is 0 Å². The van der Waals surface area contributed by atoms with Gasteiger partial charge in [0.2, 0.25) is 5.78 Å². The third-order valence-corrected chi connectivity index (χ3v) is 2.90. The normalized spacial score (nSPS) is 11.2. The molecule has 2 aromatic rings. The van der Waals surface area contributed by atoms with Crippen LogP contribution in [-0.4, -0.2) is 21.8 Å². The van der Waals surface area contributed by atoms with Gasteiger partial charge in [-0.25, -0.2) is 0 Å². The highest BCUT2D eigenvalue weighted by Crippen LogP contribution is 2.23. The van der Waals surface area contributed by atoms with E-state index in [0.717, 1.165) is 0 Å². The lowest BCUT2D eigenvalue weighted by Crippen LogP contribution is -2.24. The van der Waals surface area contributed by atoms with E-state index >= 15 is 0 Å². The second-order valence-corrected chi connectivity index (χ2v) is 5.57. The summed E-state index contributed by atoms with van der Waals surface area (Å²) in [6.45, 7) is 5.44. The molecule has 1 heterocycles. The van der Waals surface area contributed by atoms with Crippen molar-refractivity contribution in [1.29, 1.82) is 0 Å². The maximum absolute atomic E-state index is 12.4. The molecule has 0 unspecified atom stereocenters. The Bertz CT molecular complexity index is 643. The molecule has 0 aliphatic heterocycles. The molecule has 0 saturated heterocycles. The number of Topliss-reactive ketones (excluding diaryl/α,β-unsaturated/α-hetero) is 1. The number of carbonyl (C=O) groups excluding carboxylic acids is 2. The summed E-state index contributed by atoms with van der Waals surface area (Å²) in [7, 11) is 0. The highest BCUT2D eigenvalue weighted by molar-refractivity contribution is 6.15. The summed E-state index contributed by atoms with van der Waals surface area (Å²) >= 11 is 0. The summed E-state index contributed by atoms with van der Waals surface area (Å²) in [6, 6.07) is 10.3. The number of hydrogen-bond acceptors (Lipinski definition) is 4. The van der Waals surface area contributed by atoms with Gasteiger partial charge in [-0.2, -0.15) is 5.10 Å². The fourth-order valence-corrected chi connectivity index (χ4v) is 1.81. The molecule has 0 saturated carbocycles. The molecular weight excluding hydrogens is 252 g/mol. The second-order valence-electron chi connectivity index (χ2n) is 5.57. The Morgan fingerprint density at radius 2 is 1.65 bits per heavy atom. The van der Waals surface area contributed by atoms with E-state index in [1.807, 2.05) is 26.8 Å². The average Bonchev–Trinajstić information content (AvgIpc) is 2.45.